The number of carbonyl (C=O) groups is 2. The molecule has 0 atom stereocenters. The summed E-state index contributed by atoms with van der Waals surface area (Å²) in [7, 11) is 0. The summed E-state index contributed by atoms with van der Waals surface area (Å²) in [5.41, 5.74) is 1.26. The van der Waals surface area contributed by atoms with E-state index < -0.39 is 5.91 Å². The highest BCUT2D eigenvalue weighted by atomic mass is 35.5. The molecule has 0 unspecified atom stereocenters. The molecule has 0 spiro atoms. The van der Waals surface area contributed by atoms with Crippen molar-refractivity contribution >= 4 is 58.0 Å². The molecule has 0 bridgehead atoms. The van der Waals surface area contributed by atoms with E-state index in [1.165, 1.54) is 12.1 Å². The second kappa shape index (κ2) is 11.1. The Bertz CT molecular complexity index is 1080. The third kappa shape index (κ3) is 6.53. The molecule has 0 aliphatic heterocycles. The third-order valence-corrected chi connectivity index (χ3v) is 5.00. The van der Waals surface area contributed by atoms with Crippen LogP contribution >= 0.6 is 34.8 Å². The first-order valence-corrected chi connectivity index (χ1v) is 10.7. The van der Waals surface area contributed by atoms with Crippen molar-refractivity contribution in [2.24, 2.45) is 0 Å². The molecule has 6 nitrogen and oxygen atoms in total. The van der Waals surface area contributed by atoms with Gasteiger partial charge < -0.3 is 20.1 Å². The van der Waals surface area contributed by atoms with E-state index in [1.54, 1.807) is 48.5 Å². The van der Waals surface area contributed by atoms with Gasteiger partial charge in [0.2, 0.25) is 0 Å². The van der Waals surface area contributed by atoms with Gasteiger partial charge in [0.05, 0.1) is 22.3 Å². The summed E-state index contributed by atoms with van der Waals surface area (Å²) < 4.78 is 10.8. The summed E-state index contributed by atoms with van der Waals surface area (Å²) in [4.78, 5) is 24.6. The molecule has 2 N–H and O–H groups in total. The van der Waals surface area contributed by atoms with Crippen LogP contribution in [0.4, 0.5) is 11.4 Å². The Morgan fingerprint density at radius 2 is 1.38 bits per heavy atom. The highest BCUT2D eigenvalue weighted by Gasteiger charge is 2.13. The average Bonchev–Trinajstić information content (AvgIpc) is 2.76. The van der Waals surface area contributed by atoms with E-state index in [1.807, 2.05) is 6.92 Å². The molecular formula is C23H19Cl3N2O4. The average molecular weight is 494 g/mol. The van der Waals surface area contributed by atoms with Gasteiger partial charge in [-0.1, -0.05) is 34.8 Å². The first-order chi connectivity index (χ1) is 15.4. The van der Waals surface area contributed by atoms with Gasteiger partial charge in [-0.25, -0.2) is 0 Å². The van der Waals surface area contributed by atoms with Crippen molar-refractivity contribution < 1.29 is 19.1 Å². The molecule has 0 saturated carbocycles. The summed E-state index contributed by atoms with van der Waals surface area (Å²) in [5.74, 6) is 0.441. The number of hydrogen-bond acceptors (Lipinski definition) is 4. The Labute approximate surface area is 200 Å². The molecule has 32 heavy (non-hydrogen) atoms. The second-order valence-corrected chi connectivity index (χ2v) is 7.77. The van der Waals surface area contributed by atoms with Gasteiger partial charge in [-0.05, 0) is 67.6 Å². The first-order valence-electron chi connectivity index (χ1n) is 9.57. The predicted molar refractivity (Wildman–Crippen MR) is 128 cm³/mol. The molecule has 0 aromatic heterocycles. The number of rotatable bonds is 8. The van der Waals surface area contributed by atoms with Crippen LogP contribution in [-0.2, 0) is 4.79 Å². The first kappa shape index (κ1) is 23.7. The lowest BCUT2D eigenvalue weighted by molar-refractivity contribution is -0.118. The number of ether oxygens (including phenoxy) is 2. The van der Waals surface area contributed by atoms with Crippen molar-refractivity contribution in [1.82, 2.24) is 0 Å². The Morgan fingerprint density at radius 3 is 1.97 bits per heavy atom. The zero-order valence-electron chi connectivity index (χ0n) is 17.0. The molecule has 0 aliphatic carbocycles. The van der Waals surface area contributed by atoms with Gasteiger partial charge >= 0.3 is 0 Å². The van der Waals surface area contributed by atoms with E-state index in [9.17, 15) is 9.59 Å². The molecule has 3 aromatic rings. The van der Waals surface area contributed by atoms with Gasteiger partial charge in [0.15, 0.2) is 6.61 Å². The van der Waals surface area contributed by atoms with E-state index in [-0.39, 0.29) is 28.2 Å². The quantitative estimate of drug-likeness (QED) is 0.385. The maximum atomic E-state index is 12.5. The molecule has 3 rings (SSSR count). The zero-order valence-corrected chi connectivity index (χ0v) is 19.2. The van der Waals surface area contributed by atoms with E-state index in [4.69, 9.17) is 44.3 Å². The van der Waals surface area contributed by atoms with Crippen LogP contribution in [0.25, 0.3) is 0 Å². The highest BCUT2D eigenvalue weighted by molar-refractivity contribution is 6.42. The van der Waals surface area contributed by atoms with Crippen molar-refractivity contribution in [2.75, 3.05) is 23.8 Å². The molecule has 0 heterocycles. The largest absolute Gasteiger partial charge is 0.494 e. The fourth-order valence-corrected chi connectivity index (χ4v) is 3.61. The molecule has 2 amide bonds. The summed E-state index contributed by atoms with van der Waals surface area (Å²) >= 11 is 18.1. The molecular weight excluding hydrogens is 475 g/mol. The topological polar surface area (TPSA) is 76.7 Å². The van der Waals surface area contributed by atoms with Crippen LogP contribution in [0, 0.1) is 0 Å². The normalized spacial score (nSPS) is 10.4. The minimum absolute atomic E-state index is 0.186. The summed E-state index contributed by atoms with van der Waals surface area (Å²) in [5, 5.41) is 6.22. The molecule has 0 radical (unpaired) electrons. The van der Waals surface area contributed by atoms with Gasteiger partial charge in [0.25, 0.3) is 11.8 Å². The standard InChI is InChI=1S/C23H19Cl3N2O4/c1-2-31-17-9-5-16(6-10-17)27-21(29)13-32-18-7-3-14(4-8-18)23(30)28-22-19(25)11-15(24)12-20(22)26/h3-12H,2,13H2,1H3,(H,27,29)(H,28,30). The molecule has 0 aliphatic rings. The summed E-state index contributed by atoms with van der Waals surface area (Å²) in [6.45, 7) is 2.29. The van der Waals surface area contributed by atoms with Crippen LogP contribution in [0.2, 0.25) is 15.1 Å². The number of carbonyl (C=O) groups excluding carboxylic acids is 2. The highest BCUT2D eigenvalue weighted by Crippen LogP contribution is 2.34. The molecule has 0 fully saturated rings. The van der Waals surface area contributed by atoms with Crippen LogP contribution in [0.5, 0.6) is 11.5 Å². The minimum Gasteiger partial charge on any atom is -0.494 e. The third-order valence-electron chi connectivity index (χ3n) is 4.18. The van der Waals surface area contributed by atoms with E-state index in [2.05, 4.69) is 10.6 Å². The molecule has 3 aromatic carbocycles. The maximum Gasteiger partial charge on any atom is 0.262 e. The van der Waals surface area contributed by atoms with Crippen LogP contribution in [0.1, 0.15) is 17.3 Å². The zero-order chi connectivity index (χ0) is 23.1. The number of nitrogens with one attached hydrogen (secondary N) is 2. The summed E-state index contributed by atoms with van der Waals surface area (Å²) in [6.07, 6.45) is 0. The Morgan fingerprint density at radius 1 is 0.812 bits per heavy atom. The smallest absolute Gasteiger partial charge is 0.262 e. The van der Waals surface area contributed by atoms with Gasteiger partial charge in [0.1, 0.15) is 11.5 Å². The van der Waals surface area contributed by atoms with Crippen LogP contribution < -0.4 is 20.1 Å². The number of amides is 2. The number of benzene rings is 3. The van der Waals surface area contributed by atoms with Crippen molar-refractivity contribution in [3.8, 4) is 11.5 Å². The van der Waals surface area contributed by atoms with Crippen LogP contribution in [-0.4, -0.2) is 25.0 Å². The Hall–Kier alpha value is -2.93. The molecule has 0 saturated heterocycles. The number of halogens is 3. The van der Waals surface area contributed by atoms with Gasteiger partial charge in [0, 0.05) is 16.3 Å². The van der Waals surface area contributed by atoms with E-state index in [0.717, 1.165) is 5.75 Å². The lowest BCUT2D eigenvalue weighted by Crippen LogP contribution is -2.20. The van der Waals surface area contributed by atoms with Gasteiger partial charge in [-0.2, -0.15) is 0 Å². The number of hydrogen-bond donors (Lipinski definition) is 2. The van der Waals surface area contributed by atoms with Crippen molar-refractivity contribution in [2.45, 2.75) is 6.92 Å². The minimum atomic E-state index is -0.407. The van der Waals surface area contributed by atoms with E-state index in [0.29, 0.717) is 28.6 Å². The second-order valence-electron chi connectivity index (χ2n) is 6.52. The number of anilines is 2. The van der Waals surface area contributed by atoms with Crippen LogP contribution in [0.15, 0.2) is 60.7 Å². The molecule has 166 valence electrons. The van der Waals surface area contributed by atoms with E-state index >= 15 is 0 Å². The SMILES string of the molecule is CCOc1ccc(NC(=O)COc2ccc(C(=O)Nc3c(Cl)cc(Cl)cc3Cl)cc2)cc1. The Kier molecular flexibility index (Phi) is 8.22. The monoisotopic (exact) mass is 492 g/mol. The Balaban J connectivity index is 1.53. The fourth-order valence-electron chi connectivity index (χ4n) is 2.70. The maximum absolute atomic E-state index is 12.5. The van der Waals surface area contributed by atoms with Gasteiger partial charge in [-0.3, -0.25) is 9.59 Å². The van der Waals surface area contributed by atoms with Crippen molar-refractivity contribution in [1.29, 1.82) is 0 Å². The van der Waals surface area contributed by atoms with Crippen molar-refractivity contribution in [3.63, 3.8) is 0 Å². The lowest BCUT2D eigenvalue weighted by Gasteiger charge is -2.11. The summed E-state index contributed by atoms with van der Waals surface area (Å²) in [6, 6.07) is 16.3. The van der Waals surface area contributed by atoms with Crippen LogP contribution in [0.3, 0.4) is 0 Å². The predicted octanol–water partition coefficient (Wildman–Crippen LogP) is 6.32. The fraction of sp³-hybridized carbons (Fsp3) is 0.130. The van der Waals surface area contributed by atoms with Gasteiger partial charge in [-0.15, -0.1) is 0 Å². The lowest BCUT2D eigenvalue weighted by atomic mass is 10.2. The molecule has 9 heteroatoms. The van der Waals surface area contributed by atoms with Crippen molar-refractivity contribution in [3.05, 3.63) is 81.3 Å².